The average molecular weight is 491 g/mol. The third-order valence-corrected chi connectivity index (χ3v) is 4.75. The van der Waals surface area contributed by atoms with Gasteiger partial charge < -0.3 is 10.1 Å². The molecule has 2 amide bonds. The van der Waals surface area contributed by atoms with E-state index in [1.54, 1.807) is 36.4 Å². The Morgan fingerprint density at radius 3 is 2.60 bits per heavy atom. The Morgan fingerprint density at radius 1 is 1.27 bits per heavy atom. The van der Waals surface area contributed by atoms with E-state index in [0.29, 0.717) is 21.9 Å². The molecule has 2 rings (SSSR count). The highest BCUT2D eigenvalue weighted by Crippen LogP contribution is 2.21. The monoisotopic (exact) mass is 489 g/mol. The minimum atomic E-state index is -0.773. The Hall–Kier alpha value is -2.82. The fourth-order valence-corrected chi connectivity index (χ4v) is 2.97. The Morgan fingerprint density at radius 2 is 1.97 bits per heavy atom. The summed E-state index contributed by atoms with van der Waals surface area (Å²) < 4.78 is 6.29. The van der Waals surface area contributed by atoms with Gasteiger partial charge in [0.2, 0.25) is 0 Å². The van der Waals surface area contributed by atoms with Gasteiger partial charge in [-0.2, -0.15) is 5.10 Å². The van der Waals surface area contributed by atoms with Crippen LogP contribution in [0.3, 0.4) is 0 Å². The number of hydrazone groups is 1. The Kier molecular flexibility index (Phi) is 8.90. The molecule has 6 nitrogen and oxygen atoms in total. The molecular formula is C22H21BrClN3O3. The highest BCUT2D eigenvalue weighted by Gasteiger charge is 2.24. The van der Waals surface area contributed by atoms with Gasteiger partial charge in [-0.3, -0.25) is 9.59 Å². The Labute approximate surface area is 189 Å². The van der Waals surface area contributed by atoms with E-state index in [1.807, 2.05) is 19.9 Å². The second kappa shape index (κ2) is 11.4. The van der Waals surface area contributed by atoms with Crippen molar-refractivity contribution in [2.24, 2.45) is 11.0 Å². The van der Waals surface area contributed by atoms with E-state index in [9.17, 15) is 9.59 Å². The maximum atomic E-state index is 12.6. The molecule has 2 N–H and O–H groups in total. The zero-order chi connectivity index (χ0) is 22.1. The van der Waals surface area contributed by atoms with E-state index in [-0.39, 0.29) is 18.4 Å². The molecule has 2 aromatic rings. The van der Waals surface area contributed by atoms with E-state index >= 15 is 0 Å². The highest BCUT2D eigenvalue weighted by molar-refractivity contribution is 9.10. The number of carbonyl (C=O) groups is 2. The van der Waals surface area contributed by atoms with E-state index in [0.717, 1.165) is 4.47 Å². The van der Waals surface area contributed by atoms with Gasteiger partial charge in [-0.05, 0) is 48.4 Å². The minimum absolute atomic E-state index is 0.112. The topological polar surface area (TPSA) is 79.8 Å². The maximum Gasteiger partial charge on any atom is 0.262 e. The van der Waals surface area contributed by atoms with Gasteiger partial charge >= 0.3 is 0 Å². The van der Waals surface area contributed by atoms with Gasteiger partial charge in [0.1, 0.15) is 18.4 Å². The number of hydrogen-bond acceptors (Lipinski definition) is 4. The Balaban J connectivity index is 2.07. The number of benzene rings is 2. The molecule has 1 unspecified atom stereocenters. The van der Waals surface area contributed by atoms with Crippen molar-refractivity contribution in [2.45, 2.75) is 19.9 Å². The summed E-state index contributed by atoms with van der Waals surface area (Å²) in [6, 6.07) is 11.0. The molecule has 0 spiro atoms. The van der Waals surface area contributed by atoms with Crippen LogP contribution >= 0.6 is 27.5 Å². The molecule has 0 aromatic heterocycles. The molecule has 0 fully saturated rings. The summed E-state index contributed by atoms with van der Waals surface area (Å²) in [5.74, 6) is 1.96. The van der Waals surface area contributed by atoms with Crippen LogP contribution in [0.4, 0.5) is 0 Å². The average Bonchev–Trinajstić information content (AvgIpc) is 2.71. The molecule has 0 aliphatic carbocycles. The van der Waals surface area contributed by atoms with Crippen LogP contribution < -0.4 is 15.5 Å². The van der Waals surface area contributed by atoms with E-state index in [2.05, 4.69) is 37.7 Å². The van der Waals surface area contributed by atoms with Crippen LogP contribution in [-0.4, -0.2) is 30.7 Å². The molecule has 2 aromatic carbocycles. The lowest BCUT2D eigenvalue weighted by molar-refractivity contribution is -0.123. The number of nitrogens with zero attached hydrogens (tertiary/aromatic N) is 1. The first-order valence-electron chi connectivity index (χ1n) is 9.07. The summed E-state index contributed by atoms with van der Waals surface area (Å²) in [5, 5.41) is 7.25. The molecule has 30 heavy (non-hydrogen) atoms. The zero-order valence-electron chi connectivity index (χ0n) is 16.5. The summed E-state index contributed by atoms with van der Waals surface area (Å²) in [7, 11) is 0. The number of halogens is 2. The van der Waals surface area contributed by atoms with Gasteiger partial charge in [0.25, 0.3) is 11.8 Å². The molecule has 156 valence electrons. The zero-order valence-corrected chi connectivity index (χ0v) is 18.8. The van der Waals surface area contributed by atoms with Gasteiger partial charge in [0, 0.05) is 20.6 Å². The van der Waals surface area contributed by atoms with E-state index < -0.39 is 11.9 Å². The minimum Gasteiger partial charge on any atom is -0.480 e. The SMILES string of the molecule is C#CCOc1ccc(Br)cc1/C=N\NC(=O)C(NC(=O)c1ccc(Cl)cc1)C(C)C. The first-order chi connectivity index (χ1) is 14.3. The van der Waals surface area contributed by atoms with Crippen LogP contribution in [-0.2, 0) is 4.79 Å². The van der Waals surface area contributed by atoms with Crippen LogP contribution in [0.5, 0.6) is 5.75 Å². The van der Waals surface area contributed by atoms with Gasteiger partial charge in [0.15, 0.2) is 0 Å². The van der Waals surface area contributed by atoms with Crippen molar-refractivity contribution in [2.75, 3.05) is 6.61 Å². The predicted molar refractivity (Wildman–Crippen MR) is 122 cm³/mol. The number of carbonyl (C=O) groups excluding carboxylic acids is 2. The van der Waals surface area contributed by atoms with E-state index in [1.165, 1.54) is 6.21 Å². The molecule has 0 aliphatic heterocycles. The molecule has 0 heterocycles. The molecule has 0 saturated heterocycles. The predicted octanol–water partition coefficient (Wildman–Crippen LogP) is 4.02. The number of terminal acetylenes is 1. The lowest BCUT2D eigenvalue weighted by atomic mass is 10.0. The van der Waals surface area contributed by atoms with Crippen molar-refractivity contribution in [3.8, 4) is 18.1 Å². The van der Waals surface area contributed by atoms with Gasteiger partial charge in [-0.25, -0.2) is 5.43 Å². The van der Waals surface area contributed by atoms with Crippen LogP contribution in [0.1, 0.15) is 29.8 Å². The van der Waals surface area contributed by atoms with Crippen LogP contribution in [0, 0.1) is 18.3 Å². The molecule has 0 saturated carbocycles. The third-order valence-electron chi connectivity index (χ3n) is 4.00. The number of ether oxygens (including phenoxy) is 1. The molecule has 0 bridgehead atoms. The summed E-state index contributed by atoms with van der Waals surface area (Å²) >= 11 is 9.23. The third kappa shape index (κ3) is 6.90. The normalized spacial score (nSPS) is 11.7. The first kappa shape index (κ1) is 23.5. The number of hydrogen-bond donors (Lipinski definition) is 2. The smallest absolute Gasteiger partial charge is 0.262 e. The van der Waals surface area contributed by atoms with Crippen LogP contribution in [0.2, 0.25) is 5.02 Å². The summed E-state index contributed by atoms with van der Waals surface area (Å²) in [6.45, 7) is 3.77. The van der Waals surface area contributed by atoms with Gasteiger partial charge in [0.05, 0.1) is 6.21 Å². The van der Waals surface area contributed by atoms with Crippen molar-refractivity contribution in [3.05, 3.63) is 63.1 Å². The maximum absolute atomic E-state index is 12.6. The highest BCUT2D eigenvalue weighted by atomic mass is 79.9. The van der Waals surface area contributed by atoms with E-state index in [4.69, 9.17) is 22.8 Å². The van der Waals surface area contributed by atoms with Gasteiger partial charge in [-0.15, -0.1) is 6.42 Å². The number of nitrogens with one attached hydrogen (secondary N) is 2. The standard InChI is InChI=1S/C22H21BrClN3O3/c1-4-11-30-19-10-7-17(23)12-16(19)13-25-27-22(29)20(14(2)3)26-21(28)15-5-8-18(24)9-6-15/h1,5-10,12-14,20H,11H2,2-3H3,(H,26,28)(H,27,29)/b25-13-. The molecule has 0 radical (unpaired) electrons. The molecule has 8 heteroatoms. The summed E-state index contributed by atoms with van der Waals surface area (Å²) in [5.41, 5.74) is 3.50. The largest absolute Gasteiger partial charge is 0.480 e. The lowest BCUT2D eigenvalue weighted by Crippen LogP contribution is -2.48. The Bertz CT molecular complexity index is 969. The number of amides is 2. The van der Waals surface area contributed by atoms with Crippen LogP contribution in [0.15, 0.2) is 52.0 Å². The fourth-order valence-electron chi connectivity index (χ4n) is 2.47. The first-order valence-corrected chi connectivity index (χ1v) is 10.2. The molecule has 1 atom stereocenters. The summed E-state index contributed by atoms with van der Waals surface area (Å²) in [4.78, 5) is 25.0. The second-order valence-corrected chi connectivity index (χ2v) is 7.96. The van der Waals surface area contributed by atoms with Crippen molar-refractivity contribution >= 4 is 45.6 Å². The lowest BCUT2D eigenvalue weighted by Gasteiger charge is -2.20. The van der Waals surface area contributed by atoms with Crippen molar-refractivity contribution in [1.82, 2.24) is 10.7 Å². The van der Waals surface area contributed by atoms with Gasteiger partial charge in [-0.1, -0.05) is 47.3 Å². The molecular weight excluding hydrogens is 470 g/mol. The molecule has 0 aliphatic rings. The van der Waals surface area contributed by atoms with Crippen molar-refractivity contribution in [1.29, 1.82) is 0 Å². The van der Waals surface area contributed by atoms with Crippen molar-refractivity contribution < 1.29 is 14.3 Å². The fraction of sp³-hybridized carbons (Fsp3) is 0.227. The summed E-state index contributed by atoms with van der Waals surface area (Å²) in [6.07, 6.45) is 6.68. The quantitative estimate of drug-likeness (QED) is 0.333. The number of rotatable bonds is 8. The van der Waals surface area contributed by atoms with Crippen LogP contribution in [0.25, 0.3) is 0 Å². The van der Waals surface area contributed by atoms with Crippen molar-refractivity contribution in [3.63, 3.8) is 0 Å². The second-order valence-electron chi connectivity index (χ2n) is 6.61.